The molecule has 0 spiro atoms. The molecule has 0 bridgehead atoms. The van der Waals surface area contributed by atoms with Gasteiger partial charge in [-0.05, 0) is 20.8 Å². The monoisotopic (exact) mass is 283 g/mol. The van der Waals surface area contributed by atoms with Crippen LogP contribution in [-0.4, -0.2) is 9.78 Å². The SMILES string of the molecule is CC(C)(C)n1cc(CNc2cc(F)c(F)c(F)c2)cn1. The van der Waals surface area contributed by atoms with Crippen molar-refractivity contribution in [2.75, 3.05) is 5.32 Å². The number of nitrogens with zero attached hydrogens (tertiary/aromatic N) is 2. The van der Waals surface area contributed by atoms with Gasteiger partial charge in [-0.1, -0.05) is 0 Å². The van der Waals surface area contributed by atoms with Gasteiger partial charge < -0.3 is 5.32 Å². The van der Waals surface area contributed by atoms with Crippen LogP contribution >= 0.6 is 0 Å². The number of halogens is 3. The minimum absolute atomic E-state index is 0.133. The van der Waals surface area contributed by atoms with Crippen molar-refractivity contribution in [3.05, 3.63) is 47.5 Å². The molecule has 0 aliphatic carbocycles. The van der Waals surface area contributed by atoms with E-state index in [2.05, 4.69) is 10.4 Å². The lowest BCUT2D eigenvalue weighted by molar-refractivity contribution is 0.355. The van der Waals surface area contributed by atoms with E-state index in [9.17, 15) is 13.2 Å². The van der Waals surface area contributed by atoms with E-state index in [1.165, 1.54) is 0 Å². The molecule has 2 rings (SSSR count). The standard InChI is InChI=1S/C14H16F3N3/c1-14(2,3)20-8-9(7-19-20)6-18-10-4-11(15)13(17)12(16)5-10/h4-5,7-8,18H,6H2,1-3H3. The molecule has 1 aromatic heterocycles. The van der Waals surface area contributed by atoms with E-state index < -0.39 is 17.5 Å². The molecule has 6 heteroatoms. The molecule has 3 nitrogen and oxygen atoms in total. The van der Waals surface area contributed by atoms with E-state index in [0.29, 0.717) is 6.54 Å². The first kappa shape index (κ1) is 14.4. The lowest BCUT2D eigenvalue weighted by Gasteiger charge is -2.18. The number of anilines is 1. The highest BCUT2D eigenvalue weighted by Gasteiger charge is 2.14. The second-order valence-corrected chi connectivity index (χ2v) is 5.57. The fourth-order valence-electron chi connectivity index (χ4n) is 1.68. The fraction of sp³-hybridized carbons (Fsp3) is 0.357. The Hall–Kier alpha value is -1.98. The van der Waals surface area contributed by atoms with Crippen LogP contribution in [-0.2, 0) is 12.1 Å². The molecule has 1 heterocycles. The molecule has 0 aliphatic heterocycles. The quantitative estimate of drug-likeness (QED) is 0.871. The van der Waals surface area contributed by atoms with E-state index in [1.807, 2.05) is 27.0 Å². The Labute approximate surface area is 115 Å². The van der Waals surface area contributed by atoms with Crippen molar-refractivity contribution in [1.82, 2.24) is 9.78 Å². The van der Waals surface area contributed by atoms with Gasteiger partial charge in [0.1, 0.15) is 0 Å². The zero-order valence-corrected chi connectivity index (χ0v) is 11.5. The van der Waals surface area contributed by atoms with Crippen LogP contribution in [0.2, 0.25) is 0 Å². The van der Waals surface area contributed by atoms with Crippen molar-refractivity contribution in [2.45, 2.75) is 32.9 Å². The van der Waals surface area contributed by atoms with Crippen LogP contribution in [0, 0.1) is 17.5 Å². The molecule has 0 aliphatic rings. The lowest BCUT2D eigenvalue weighted by atomic mass is 10.1. The summed E-state index contributed by atoms with van der Waals surface area (Å²) in [5.41, 5.74) is 0.918. The lowest BCUT2D eigenvalue weighted by Crippen LogP contribution is -2.21. The number of rotatable bonds is 3. The number of hydrogen-bond acceptors (Lipinski definition) is 2. The topological polar surface area (TPSA) is 29.9 Å². The number of aromatic nitrogens is 2. The Balaban J connectivity index is 2.08. The van der Waals surface area contributed by atoms with E-state index in [0.717, 1.165) is 17.7 Å². The molecule has 1 aromatic carbocycles. The van der Waals surface area contributed by atoms with Crippen molar-refractivity contribution < 1.29 is 13.2 Å². The summed E-state index contributed by atoms with van der Waals surface area (Å²) < 4.78 is 40.7. The molecular weight excluding hydrogens is 267 g/mol. The molecule has 20 heavy (non-hydrogen) atoms. The largest absolute Gasteiger partial charge is 0.381 e. The van der Waals surface area contributed by atoms with Gasteiger partial charge in [0.25, 0.3) is 0 Å². The summed E-state index contributed by atoms with van der Waals surface area (Å²) in [7, 11) is 0. The maximum Gasteiger partial charge on any atom is 0.194 e. The number of nitrogens with one attached hydrogen (secondary N) is 1. The average Bonchev–Trinajstić information content (AvgIpc) is 2.82. The minimum atomic E-state index is -1.46. The molecule has 0 amide bonds. The third-order valence-electron chi connectivity index (χ3n) is 2.80. The Morgan fingerprint density at radius 3 is 2.25 bits per heavy atom. The highest BCUT2D eigenvalue weighted by molar-refractivity contribution is 5.44. The number of hydrogen-bond donors (Lipinski definition) is 1. The van der Waals surface area contributed by atoms with Crippen LogP contribution in [0.15, 0.2) is 24.5 Å². The maximum atomic E-state index is 13.1. The molecule has 1 N–H and O–H groups in total. The first-order chi connectivity index (χ1) is 9.27. The van der Waals surface area contributed by atoms with Gasteiger partial charge in [0.05, 0.1) is 11.7 Å². The fourth-order valence-corrected chi connectivity index (χ4v) is 1.68. The van der Waals surface area contributed by atoms with E-state index in [-0.39, 0.29) is 11.2 Å². The first-order valence-corrected chi connectivity index (χ1v) is 6.20. The van der Waals surface area contributed by atoms with Gasteiger partial charge in [0.15, 0.2) is 17.5 Å². The second-order valence-electron chi connectivity index (χ2n) is 5.57. The molecule has 0 unspecified atom stereocenters. The summed E-state index contributed by atoms with van der Waals surface area (Å²) in [5, 5.41) is 7.05. The Morgan fingerprint density at radius 2 is 1.75 bits per heavy atom. The summed E-state index contributed by atoms with van der Waals surface area (Å²) in [6.07, 6.45) is 3.53. The third kappa shape index (κ3) is 3.12. The zero-order chi connectivity index (χ0) is 14.9. The van der Waals surface area contributed by atoms with E-state index in [4.69, 9.17) is 0 Å². The summed E-state index contributed by atoms with van der Waals surface area (Å²) >= 11 is 0. The van der Waals surface area contributed by atoms with Crippen molar-refractivity contribution in [3.8, 4) is 0 Å². The van der Waals surface area contributed by atoms with Gasteiger partial charge in [0.2, 0.25) is 0 Å². The van der Waals surface area contributed by atoms with Gasteiger partial charge in [-0.15, -0.1) is 0 Å². The van der Waals surface area contributed by atoms with Gasteiger partial charge in [-0.2, -0.15) is 5.10 Å². The van der Waals surface area contributed by atoms with E-state index in [1.54, 1.807) is 10.9 Å². The average molecular weight is 283 g/mol. The summed E-state index contributed by atoms with van der Waals surface area (Å²) in [6.45, 7) is 6.40. The minimum Gasteiger partial charge on any atom is -0.381 e. The van der Waals surface area contributed by atoms with Crippen molar-refractivity contribution in [1.29, 1.82) is 0 Å². The highest BCUT2D eigenvalue weighted by atomic mass is 19.2. The molecule has 0 saturated carbocycles. The van der Waals surface area contributed by atoms with Gasteiger partial charge in [-0.3, -0.25) is 4.68 Å². The maximum absolute atomic E-state index is 13.1. The van der Waals surface area contributed by atoms with Crippen molar-refractivity contribution in [2.24, 2.45) is 0 Å². The molecule has 0 atom stereocenters. The Morgan fingerprint density at radius 1 is 1.15 bits per heavy atom. The molecule has 2 aromatic rings. The zero-order valence-electron chi connectivity index (χ0n) is 11.5. The van der Waals surface area contributed by atoms with Gasteiger partial charge in [0, 0.05) is 36.1 Å². The Bertz CT molecular complexity index is 591. The normalized spacial score (nSPS) is 11.7. The second kappa shape index (κ2) is 5.19. The smallest absolute Gasteiger partial charge is 0.194 e. The van der Waals surface area contributed by atoms with Crippen molar-refractivity contribution in [3.63, 3.8) is 0 Å². The van der Waals surface area contributed by atoms with Crippen LogP contribution in [0.4, 0.5) is 18.9 Å². The molecule has 0 fully saturated rings. The summed E-state index contributed by atoms with van der Waals surface area (Å²) in [4.78, 5) is 0. The first-order valence-electron chi connectivity index (χ1n) is 6.20. The van der Waals surface area contributed by atoms with Crippen LogP contribution < -0.4 is 5.32 Å². The predicted octanol–water partition coefficient (Wildman–Crippen LogP) is 3.67. The predicted molar refractivity (Wildman–Crippen MR) is 70.9 cm³/mol. The van der Waals surface area contributed by atoms with E-state index >= 15 is 0 Å². The van der Waals surface area contributed by atoms with Crippen LogP contribution in [0.5, 0.6) is 0 Å². The van der Waals surface area contributed by atoms with Crippen LogP contribution in [0.1, 0.15) is 26.3 Å². The number of benzene rings is 1. The van der Waals surface area contributed by atoms with Crippen LogP contribution in [0.25, 0.3) is 0 Å². The highest BCUT2D eigenvalue weighted by Crippen LogP contribution is 2.18. The molecule has 0 radical (unpaired) electrons. The molecule has 108 valence electrons. The van der Waals surface area contributed by atoms with Crippen LogP contribution in [0.3, 0.4) is 0 Å². The van der Waals surface area contributed by atoms with Crippen molar-refractivity contribution >= 4 is 5.69 Å². The third-order valence-corrected chi connectivity index (χ3v) is 2.80. The summed E-state index contributed by atoms with van der Waals surface area (Å²) in [5.74, 6) is -3.88. The van der Waals surface area contributed by atoms with Gasteiger partial charge >= 0.3 is 0 Å². The summed E-state index contributed by atoms with van der Waals surface area (Å²) in [6, 6.07) is 1.85. The Kier molecular flexibility index (Phi) is 3.74. The van der Waals surface area contributed by atoms with Gasteiger partial charge in [-0.25, -0.2) is 13.2 Å². The molecule has 0 saturated heterocycles. The molecular formula is C14H16F3N3.